The van der Waals surface area contributed by atoms with Gasteiger partial charge in [-0.15, -0.1) is 0 Å². The summed E-state index contributed by atoms with van der Waals surface area (Å²) in [6.45, 7) is 6.57. The van der Waals surface area contributed by atoms with Crippen LogP contribution in [0.1, 0.15) is 40.0 Å². The van der Waals surface area contributed by atoms with Crippen molar-refractivity contribution in [3.8, 4) is 45.3 Å². The Hall–Kier alpha value is -9.78. The zero-order valence-electron chi connectivity index (χ0n) is 51.5. The molecule has 0 saturated carbocycles. The molecule has 0 spiro atoms. The monoisotopic (exact) mass is 985 g/mol. The molecule has 5 heterocycles. The van der Waals surface area contributed by atoms with Crippen molar-refractivity contribution in [3.63, 3.8) is 0 Å². The van der Waals surface area contributed by atoms with Crippen LogP contribution in [0, 0.1) is 6.33 Å². The van der Waals surface area contributed by atoms with E-state index >= 15 is 0 Å². The van der Waals surface area contributed by atoms with Crippen LogP contribution in [-0.2, 0) is 5.41 Å². The van der Waals surface area contributed by atoms with Crippen molar-refractivity contribution in [1.82, 2.24) is 18.4 Å². The number of aromatic nitrogens is 5. The van der Waals surface area contributed by atoms with E-state index in [4.69, 9.17) is 17.9 Å². The van der Waals surface area contributed by atoms with Crippen molar-refractivity contribution in [2.75, 3.05) is 0 Å². The van der Waals surface area contributed by atoms with Crippen molar-refractivity contribution in [3.05, 3.63) is 254 Å². The van der Waals surface area contributed by atoms with Gasteiger partial charge in [-0.25, -0.2) is 4.98 Å². The first kappa shape index (κ1) is 34.6. The van der Waals surface area contributed by atoms with E-state index in [-0.39, 0.29) is 33.4 Å². The molecular formula is C70H49N5O. The lowest BCUT2D eigenvalue weighted by molar-refractivity contribution is -0.570. The number of benzene rings is 10. The minimum atomic E-state index is -0.579. The summed E-state index contributed by atoms with van der Waals surface area (Å²) in [4.78, 5) is 4.92. The van der Waals surface area contributed by atoms with Crippen LogP contribution in [-0.4, -0.2) is 18.4 Å². The van der Waals surface area contributed by atoms with Crippen molar-refractivity contribution >= 4 is 87.2 Å². The van der Waals surface area contributed by atoms with Crippen LogP contribution < -0.4 is 9.30 Å². The number of rotatable bonds is 6. The van der Waals surface area contributed by atoms with Gasteiger partial charge < -0.3 is 9.14 Å². The maximum Gasteiger partial charge on any atom is 0.269 e. The molecule has 76 heavy (non-hydrogen) atoms. The molecule has 0 atom stereocenters. The van der Waals surface area contributed by atoms with Crippen molar-refractivity contribution in [2.24, 2.45) is 0 Å². The second-order valence-corrected chi connectivity index (χ2v) is 20.2. The van der Waals surface area contributed by atoms with E-state index < -0.39 is 60.4 Å². The smallest absolute Gasteiger partial charge is 0.269 e. The number of hydrogen-bond donors (Lipinski definition) is 0. The third-order valence-electron chi connectivity index (χ3n) is 14.8. The second kappa shape index (κ2) is 16.9. The Kier molecular flexibility index (Phi) is 7.69. The molecule has 15 aromatic rings. The quantitative estimate of drug-likeness (QED) is 0.123. The molecular weight excluding hydrogens is 927 g/mol. The highest BCUT2D eigenvalue weighted by Crippen LogP contribution is 2.41. The lowest BCUT2D eigenvalue weighted by Gasteiger charge is -2.20. The maximum atomic E-state index is 9.39. The minimum Gasteiger partial charge on any atom is -0.458 e. The van der Waals surface area contributed by atoms with E-state index in [1.54, 1.807) is 22.8 Å². The number of pyridine rings is 1. The van der Waals surface area contributed by atoms with Crippen LogP contribution in [0.4, 0.5) is 0 Å². The van der Waals surface area contributed by atoms with Gasteiger partial charge in [0.15, 0.2) is 0 Å². The number of ether oxygens (including phenoxy) is 1. The van der Waals surface area contributed by atoms with Gasteiger partial charge >= 0.3 is 0 Å². The molecule has 0 fully saturated rings. The zero-order valence-corrected chi connectivity index (χ0v) is 41.5. The number of para-hydroxylation sites is 6. The highest BCUT2D eigenvalue weighted by atomic mass is 16.5. The Morgan fingerprint density at radius 2 is 0.974 bits per heavy atom. The minimum absolute atomic E-state index is 0.123. The fourth-order valence-electron chi connectivity index (χ4n) is 11.4. The standard InChI is InChI=1S/C70H49N5O/c1-70(2,3)47-39-40-71-66(41-47)74-60-31-13-10-24-53(60)56-38-36-49(43-65(56)74)76-48-35-37-55-52-23-11-14-32-61(52)75-62-33-15-12-25-54(62)57-28-17-29-58(68(57)75)59-30-18-34-63-69(59)73(64(55)42-48)44-72(63)67-50(45-19-6-4-7-20-45)26-16-27-51(67)46-21-8-5-9-22-46/h4-43H,1-3H3/i4D,5D,6D,7D,8D,9D,19D,20D,21D,22D. The van der Waals surface area contributed by atoms with Crippen LogP contribution in [0.2, 0.25) is 0 Å². The lowest BCUT2D eigenvalue weighted by atomic mass is 9.88. The number of hydrogen-bond acceptors (Lipinski definition) is 2. The van der Waals surface area contributed by atoms with Gasteiger partial charge in [-0.05, 0) is 98.6 Å². The fourth-order valence-corrected chi connectivity index (χ4v) is 11.4. The van der Waals surface area contributed by atoms with E-state index in [0.29, 0.717) is 28.0 Å². The predicted molar refractivity (Wildman–Crippen MR) is 313 cm³/mol. The van der Waals surface area contributed by atoms with Crippen LogP contribution in [0.25, 0.3) is 121 Å². The van der Waals surface area contributed by atoms with E-state index in [0.717, 1.165) is 82.1 Å². The Morgan fingerprint density at radius 1 is 0.474 bits per heavy atom. The highest BCUT2D eigenvalue weighted by molar-refractivity contribution is 6.22. The van der Waals surface area contributed by atoms with Crippen LogP contribution in [0.5, 0.6) is 11.5 Å². The van der Waals surface area contributed by atoms with E-state index in [2.05, 4.69) is 109 Å². The molecule has 0 aliphatic carbocycles. The predicted octanol–water partition coefficient (Wildman–Crippen LogP) is 17.5. The van der Waals surface area contributed by atoms with Crippen molar-refractivity contribution < 1.29 is 23.0 Å². The summed E-state index contributed by atoms with van der Waals surface area (Å²) in [5.41, 5.74) is 7.73. The first-order chi connectivity index (χ1) is 41.5. The summed E-state index contributed by atoms with van der Waals surface area (Å²) in [5.74, 6) is 1.83. The maximum absolute atomic E-state index is 9.39. The molecule has 0 bridgehead atoms. The molecule has 0 saturated heterocycles. The average molecular weight is 986 g/mol. The molecule has 0 aliphatic heterocycles. The molecule has 360 valence electrons. The van der Waals surface area contributed by atoms with E-state index in [1.807, 2.05) is 95.5 Å². The van der Waals surface area contributed by atoms with Gasteiger partial charge in [0.25, 0.3) is 6.33 Å². The van der Waals surface area contributed by atoms with Crippen LogP contribution in [0.15, 0.2) is 243 Å². The van der Waals surface area contributed by atoms with Crippen molar-refractivity contribution in [2.45, 2.75) is 26.2 Å². The van der Waals surface area contributed by atoms with Gasteiger partial charge in [0.05, 0.1) is 63.5 Å². The van der Waals surface area contributed by atoms with Gasteiger partial charge in [0.2, 0.25) is 0 Å². The van der Waals surface area contributed by atoms with Gasteiger partial charge in [0.1, 0.15) is 17.3 Å². The van der Waals surface area contributed by atoms with Gasteiger partial charge in [-0.3, -0.25) is 13.5 Å². The first-order valence-corrected chi connectivity index (χ1v) is 25.2. The number of fused-ring (bicyclic) bond motifs is 12. The molecule has 0 unspecified atom stereocenters. The third kappa shape index (κ3) is 6.73. The average Bonchev–Trinajstić information content (AvgIpc) is 1.51. The normalized spacial score (nSPS) is 14.0. The number of imidazole rings is 1. The zero-order chi connectivity index (χ0) is 59.4. The highest BCUT2D eigenvalue weighted by Gasteiger charge is 2.23. The van der Waals surface area contributed by atoms with Crippen LogP contribution in [0.3, 0.4) is 0 Å². The lowest BCUT2D eigenvalue weighted by Crippen LogP contribution is -2.31. The van der Waals surface area contributed by atoms with E-state index in [9.17, 15) is 5.48 Å². The molecule has 6 heteroatoms. The Labute approximate surface area is 452 Å². The summed E-state index contributed by atoms with van der Waals surface area (Å²) in [6, 6.07) is 52.9. The number of nitrogens with zero attached hydrogens (tertiary/aromatic N) is 5. The summed E-state index contributed by atoms with van der Waals surface area (Å²) < 4.78 is 106. The van der Waals surface area contributed by atoms with Gasteiger partial charge in [-0.2, -0.15) is 0 Å². The largest absolute Gasteiger partial charge is 0.458 e. The molecule has 0 amide bonds. The second-order valence-electron chi connectivity index (χ2n) is 20.2. The Morgan fingerprint density at radius 3 is 1.62 bits per heavy atom. The van der Waals surface area contributed by atoms with Crippen LogP contribution >= 0.6 is 0 Å². The van der Waals surface area contributed by atoms with Gasteiger partial charge in [-0.1, -0.05) is 196 Å². The summed E-state index contributed by atoms with van der Waals surface area (Å²) in [7, 11) is 0. The summed E-state index contributed by atoms with van der Waals surface area (Å²) >= 11 is 0. The molecule has 10 aromatic carbocycles. The molecule has 0 N–H and O–H groups in total. The summed E-state index contributed by atoms with van der Waals surface area (Å²) in [5, 5.41) is 7.51. The molecule has 0 radical (unpaired) electrons. The summed E-state index contributed by atoms with van der Waals surface area (Å²) in [6.07, 6.45) is 5.60. The molecule has 0 aliphatic rings. The topological polar surface area (TPSA) is 39.8 Å². The van der Waals surface area contributed by atoms with E-state index in [1.165, 1.54) is 0 Å². The SMILES string of the molecule is [2H]c1c([2H])c([2H])c(-c2cccc(-c3c([2H])c([2H])c([2H])c([2H])c3[2H])c2-[n+]2[c-]n3c4cc(Oc5ccc6c7ccccc7n(-c7cc(C(C)(C)C)ccn7)c6c5)ccc4c4ccccc4n4c5ccccc5c5cccc(c6cccc2c63)c54)c([2H])c1[2H]. The third-order valence-corrected chi connectivity index (χ3v) is 14.8. The first-order valence-electron chi connectivity index (χ1n) is 30.2. The van der Waals surface area contributed by atoms with Crippen molar-refractivity contribution in [1.29, 1.82) is 0 Å². The Balaban J connectivity index is 1.10. The van der Waals surface area contributed by atoms with Gasteiger partial charge in [0, 0.05) is 44.6 Å². The fraction of sp³-hybridized carbons (Fsp3) is 0.0571. The molecule has 15 rings (SSSR count). The Bertz CT molecular complexity index is 5380. The molecule has 6 nitrogen and oxygen atoms in total. The molecule has 5 aromatic heterocycles.